The molecule has 0 aliphatic rings. The zero-order chi connectivity index (χ0) is 43.3. The third-order valence-corrected chi connectivity index (χ3v) is 8.99. The largest absolute Gasteiger partial charge is 0.507 e. The Morgan fingerprint density at radius 3 is 1.71 bits per heavy atom. The minimum atomic E-state index is -4.59. The number of carbonyl (C=O) groups is 1. The Morgan fingerprint density at radius 2 is 1.22 bits per heavy atom. The molecular weight excluding hydrogens is 789 g/mol. The smallest absolute Gasteiger partial charge is 0.425 e. The summed E-state index contributed by atoms with van der Waals surface area (Å²) in [6.45, 7) is 3.47. The number of nitrogens with one attached hydrogen (secondary N) is 1. The second kappa shape index (κ2) is 29.1. The molecule has 15 nitrogen and oxygen atoms in total. The summed E-state index contributed by atoms with van der Waals surface area (Å²) < 4.78 is 67.1. The fraction of sp³-hybridized carbons (Fsp3) is 0.366. The zero-order valence-electron chi connectivity index (χ0n) is 33.2. The molecule has 4 aromatic carbocycles. The molecule has 0 saturated carbocycles. The lowest BCUT2D eigenvalue weighted by Gasteiger charge is -2.11. The number of methoxy groups -OCH3 is 2. The van der Waals surface area contributed by atoms with Crippen LogP contribution in [0.2, 0.25) is 0 Å². The fourth-order valence-electron chi connectivity index (χ4n) is 5.20. The average Bonchev–Trinajstić information content (AvgIpc) is 3.21. The third kappa shape index (κ3) is 19.8. The predicted molar refractivity (Wildman–Crippen MR) is 225 cm³/mol. The Bertz CT molecular complexity index is 2040. The maximum atomic E-state index is 12.3. The first-order valence-electron chi connectivity index (χ1n) is 18.5. The maximum absolute atomic E-state index is 12.3. The standard InChI is InChI=1S/C20H26N2O2.C14H12O6S.C7H18N2.O3S/c1-24-17-11-12-18(19(23)15-17)20(16-9-5-4-6-10-16)22-14-8-3-2-7-13-21;1-20-12-8-11(15)10(7-13(12)21(17,18)19)14(16)9-5-3-2-4-6-9;1-9-7-5-3-2-4-6-8;1-4(2)3/h4-6,9-12,15,23H,2-3,7-8,13-14,21H2,1H3;2-8,15H,1H3,(H,17,18,19);9H,2-8H2,1H3;. The zero-order valence-corrected chi connectivity index (χ0v) is 34.8. The van der Waals surface area contributed by atoms with Crippen LogP contribution in [0.1, 0.15) is 78.4 Å². The Morgan fingerprint density at radius 1 is 0.707 bits per heavy atom. The first-order chi connectivity index (χ1) is 27.7. The normalized spacial score (nSPS) is 10.8. The summed E-state index contributed by atoms with van der Waals surface area (Å²) in [6.07, 6.45) is 9.43. The van der Waals surface area contributed by atoms with Gasteiger partial charge in [0, 0.05) is 35.4 Å². The molecule has 0 spiro atoms. The lowest BCUT2D eigenvalue weighted by Crippen LogP contribution is -2.07. The van der Waals surface area contributed by atoms with Crippen LogP contribution in [-0.2, 0) is 20.7 Å². The quantitative estimate of drug-likeness (QED) is 0.0301. The van der Waals surface area contributed by atoms with Gasteiger partial charge in [0.2, 0.25) is 0 Å². The molecule has 58 heavy (non-hydrogen) atoms. The van der Waals surface area contributed by atoms with Crippen LogP contribution in [0, 0.1) is 0 Å². The minimum Gasteiger partial charge on any atom is -0.507 e. The topological polar surface area (TPSA) is 258 Å². The summed E-state index contributed by atoms with van der Waals surface area (Å²) in [6, 6.07) is 25.2. The van der Waals surface area contributed by atoms with Crippen molar-refractivity contribution in [2.45, 2.75) is 56.3 Å². The maximum Gasteiger partial charge on any atom is 0.425 e. The number of nitrogens with two attached hydrogens (primary N) is 2. The number of benzene rings is 4. The van der Waals surface area contributed by atoms with Gasteiger partial charge in [-0.2, -0.15) is 8.42 Å². The Hall–Kier alpha value is -5.17. The van der Waals surface area contributed by atoms with Gasteiger partial charge in [-0.15, -0.1) is 12.6 Å². The number of rotatable bonds is 19. The summed E-state index contributed by atoms with van der Waals surface area (Å²) in [5, 5.41) is 23.3. The molecule has 17 heteroatoms. The van der Waals surface area contributed by atoms with E-state index in [1.807, 2.05) is 49.5 Å². The summed E-state index contributed by atoms with van der Waals surface area (Å²) in [4.78, 5) is 16.5. The van der Waals surface area contributed by atoms with Crippen molar-refractivity contribution in [3.05, 3.63) is 113 Å². The van der Waals surface area contributed by atoms with Gasteiger partial charge >= 0.3 is 10.6 Å². The molecule has 0 radical (unpaired) electrons. The van der Waals surface area contributed by atoms with Crippen LogP contribution in [0.5, 0.6) is 23.0 Å². The number of ketones is 1. The summed E-state index contributed by atoms with van der Waals surface area (Å²) in [7, 11) is -2.94. The van der Waals surface area contributed by atoms with Crippen molar-refractivity contribution in [2.24, 2.45) is 16.5 Å². The fourth-order valence-corrected chi connectivity index (χ4v) is 5.87. The van der Waals surface area contributed by atoms with Crippen LogP contribution in [0.4, 0.5) is 0 Å². The number of carbonyl (C=O) groups excluding carboxylic acids is 1. The van der Waals surface area contributed by atoms with Gasteiger partial charge in [-0.3, -0.25) is 14.3 Å². The summed E-state index contributed by atoms with van der Waals surface area (Å²) in [5.41, 5.74) is 13.4. The number of phenolic OH excluding ortho intramolecular Hbond substituents is 2. The molecule has 318 valence electrons. The van der Waals surface area contributed by atoms with Crippen molar-refractivity contribution >= 4 is 32.2 Å². The van der Waals surface area contributed by atoms with Gasteiger partial charge in [-0.1, -0.05) is 86.3 Å². The number of nitrogens with zero attached hydrogens (tertiary/aromatic N) is 1. The molecule has 0 amide bonds. The molecule has 0 aromatic heterocycles. The predicted octanol–water partition coefficient (Wildman–Crippen LogP) is 5.36. The van der Waals surface area contributed by atoms with Crippen molar-refractivity contribution < 1.29 is 50.1 Å². The van der Waals surface area contributed by atoms with Crippen LogP contribution < -0.4 is 26.3 Å². The van der Waals surface area contributed by atoms with Crippen LogP contribution in [0.15, 0.2) is 101 Å². The van der Waals surface area contributed by atoms with E-state index in [9.17, 15) is 23.4 Å². The number of hydrogen-bond donors (Lipinski definition) is 6. The second-order valence-electron chi connectivity index (χ2n) is 12.4. The molecule has 8 N–H and O–H groups in total. The summed E-state index contributed by atoms with van der Waals surface area (Å²) in [5.74, 6) is -0.445. The van der Waals surface area contributed by atoms with Gasteiger partial charge in [0.1, 0.15) is 27.9 Å². The molecule has 0 bridgehead atoms. The highest BCUT2D eigenvalue weighted by atomic mass is 32.2. The van der Waals surface area contributed by atoms with Crippen LogP contribution in [0.3, 0.4) is 0 Å². The number of aliphatic imine (C=N–C) groups is 1. The SMILES string of the molecule is CNCCCCCCN.COc1cc(O)c(C(=O)c2ccccc2)cc1S(=O)(=O)O.COc1ccc(C(=NCCCCCCN)c2ccccc2)c(O)c1.O=S(=O)=O. The van der Waals surface area contributed by atoms with E-state index >= 15 is 0 Å². The molecule has 0 aliphatic carbocycles. The molecule has 0 fully saturated rings. The van der Waals surface area contributed by atoms with Gasteiger partial charge in [0.15, 0.2) is 5.78 Å². The third-order valence-electron chi connectivity index (χ3n) is 8.11. The lowest BCUT2D eigenvalue weighted by atomic mass is 10.0. The van der Waals surface area contributed by atoms with Gasteiger partial charge in [0.25, 0.3) is 10.1 Å². The molecule has 0 unspecified atom stereocenters. The number of hydrogen-bond acceptors (Lipinski definition) is 14. The van der Waals surface area contributed by atoms with Crippen molar-refractivity contribution in [3.63, 3.8) is 0 Å². The Kier molecular flexibility index (Phi) is 25.5. The first kappa shape index (κ1) is 50.8. The number of aromatic hydroxyl groups is 2. The Labute approximate surface area is 342 Å². The van der Waals surface area contributed by atoms with Gasteiger partial charge in [0.05, 0.1) is 25.5 Å². The Balaban J connectivity index is 0.000000449. The highest BCUT2D eigenvalue weighted by Crippen LogP contribution is 2.33. The van der Waals surface area contributed by atoms with E-state index in [2.05, 4.69) is 5.32 Å². The van der Waals surface area contributed by atoms with Crippen LogP contribution in [0.25, 0.3) is 0 Å². The molecule has 0 atom stereocenters. The number of ether oxygens (including phenoxy) is 2. The van der Waals surface area contributed by atoms with Crippen molar-refractivity contribution in [1.29, 1.82) is 0 Å². The van der Waals surface area contributed by atoms with Crippen molar-refractivity contribution in [2.75, 3.05) is 47.4 Å². The first-order valence-corrected chi connectivity index (χ1v) is 21.0. The van der Waals surface area contributed by atoms with E-state index in [-0.39, 0.29) is 22.6 Å². The van der Waals surface area contributed by atoms with Crippen LogP contribution >= 0.6 is 0 Å². The van der Waals surface area contributed by atoms with E-state index in [4.69, 9.17) is 43.1 Å². The molecule has 0 heterocycles. The summed E-state index contributed by atoms with van der Waals surface area (Å²) >= 11 is 0. The lowest BCUT2D eigenvalue weighted by molar-refractivity contribution is 0.103. The van der Waals surface area contributed by atoms with Gasteiger partial charge in [-0.25, -0.2) is 0 Å². The second-order valence-corrected chi connectivity index (χ2v) is 14.2. The van der Waals surface area contributed by atoms with Gasteiger partial charge in [-0.05, 0) is 70.6 Å². The van der Waals surface area contributed by atoms with E-state index < -0.39 is 37.2 Å². The number of phenols is 2. The molecule has 4 rings (SSSR count). The molecule has 0 saturated heterocycles. The van der Waals surface area contributed by atoms with Crippen molar-refractivity contribution in [1.82, 2.24) is 5.32 Å². The van der Waals surface area contributed by atoms with Crippen molar-refractivity contribution in [3.8, 4) is 23.0 Å². The molecule has 4 aromatic rings. The average molecular weight is 845 g/mol. The monoisotopic (exact) mass is 844 g/mol. The van der Waals surface area contributed by atoms with E-state index in [0.29, 0.717) is 5.75 Å². The molecular formula is C41H56N4O11S2. The van der Waals surface area contributed by atoms with E-state index in [1.54, 1.807) is 31.4 Å². The van der Waals surface area contributed by atoms with E-state index in [0.717, 1.165) is 80.8 Å². The van der Waals surface area contributed by atoms with Crippen LogP contribution in [-0.4, -0.2) is 94.8 Å². The molecule has 0 aliphatic heterocycles. The van der Waals surface area contributed by atoms with E-state index in [1.165, 1.54) is 44.9 Å². The highest BCUT2D eigenvalue weighted by Gasteiger charge is 2.23. The number of unbranched alkanes of at least 4 members (excludes halogenated alkanes) is 6. The highest BCUT2D eigenvalue weighted by molar-refractivity contribution is 7.86. The minimum absolute atomic E-state index is 0.181. The van der Waals surface area contributed by atoms with Gasteiger partial charge < -0.3 is 36.5 Å².